The fourth-order valence-corrected chi connectivity index (χ4v) is 5.39. The number of nitrogens with zero attached hydrogens (tertiary/aromatic N) is 4. The van der Waals surface area contributed by atoms with Crippen LogP contribution in [0.4, 0.5) is 24.9 Å². The SMILES string of the molecule is CN1CCN(C23CC(Nc4ncc(C(F)(F)F)c(NCCCCSN)n4)(C2)C3)CC1. The average Bonchev–Trinajstić information content (AvgIpc) is 2.63. The molecule has 1 aromatic heterocycles. The van der Waals surface area contributed by atoms with Crippen LogP contribution in [0.3, 0.4) is 0 Å². The molecule has 4 aliphatic rings. The highest BCUT2D eigenvalue weighted by atomic mass is 32.2. The maximum atomic E-state index is 13.3. The molecule has 4 fully saturated rings. The van der Waals surface area contributed by atoms with Crippen LogP contribution in [-0.2, 0) is 6.18 Å². The standard InChI is InChI=1S/C19H30F3N7S/c1-28-5-7-29(8-6-28)18-11-17(12-18,13-18)27-16-25-10-14(19(20,21)22)15(26-16)24-4-2-3-9-30-23/h10H,2-9,11-13,23H2,1H3,(H2,24,25,26,27). The lowest BCUT2D eigenvalue weighted by Crippen LogP contribution is -2.82. The van der Waals surface area contributed by atoms with Crippen LogP contribution in [0.2, 0.25) is 0 Å². The maximum Gasteiger partial charge on any atom is 0.421 e. The Kier molecular flexibility index (Phi) is 6.08. The molecular formula is C19H30F3N7S. The zero-order chi connectivity index (χ0) is 21.4. The first-order valence-corrected chi connectivity index (χ1v) is 11.5. The van der Waals surface area contributed by atoms with Crippen molar-refractivity contribution in [3.8, 4) is 0 Å². The lowest BCUT2D eigenvalue weighted by atomic mass is 9.43. The zero-order valence-corrected chi connectivity index (χ0v) is 18.1. The molecule has 3 aliphatic carbocycles. The fraction of sp³-hybridized carbons (Fsp3) is 0.789. The minimum atomic E-state index is -4.49. The summed E-state index contributed by atoms with van der Waals surface area (Å²) in [5, 5.41) is 11.6. The Morgan fingerprint density at radius 1 is 1.17 bits per heavy atom. The zero-order valence-electron chi connectivity index (χ0n) is 17.3. The Morgan fingerprint density at radius 2 is 1.87 bits per heavy atom. The third kappa shape index (κ3) is 4.35. The molecule has 0 aromatic carbocycles. The van der Waals surface area contributed by atoms with E-state index in [1.165, 1.54) is 11.9 Å². The molecule has 1 saturated heterocycles. The van der Waals surface area contributed by atoms with Gasteiger partial charge in [0.25, 0.3) is 0 Å². The minimum absolute atomic E-state index is 0.0707. The molecule has 168 valence electrons. The number of piperazine rings is 1. The Hall–Kier alpha value is -1.30. The molecule has 4 N–H and O–H groups in total. The van der Waals surface area contributed by atoms with Crippen molar-refractivity contribution >= 4 is 23.7 Å². The van der Waals surface area contributed by atoms with E-state index in [-0.39, 0.29) is 22.8 Å². The predicted octanol–water partition coefficient (Wildman–Crippen LogP) is 2.63. The lowest BCUT2D eigenvalue weighted by molar-refractivity contribution is -0.160. The summed E-state index contributed by atoms with van der Waals surface area (Å²) in [5.74, 6) is 0.901. The van der Waals surface area contributed by atoms with E-state index in [4.69, 9.17) is 5.14 Å². The van der Waals surface area contributed by atoms with Crippen molar-refractivity contribution in [3.63, 3.8) is 0 Å². The second kappa shape index (κ2) is 8.33. The molecule has 3 saturated carbocycles. The third-order valence-electron chi connectivity index (χ3n) is 6.63. The van der Waals surface area contributed by atoms with E-state index in [0.29, 0.717) is 6.54 Å². The van der Waals surface area contributed by atoms with Crippen molar-refractivity contribution < 1.29 is 13.2 Å². The topological polar surface area (TPSA) is 82.3 Å². The molecule has 1 aromatic rings. The van der Waals surface area contributed by atoms with Crippen LogP contribution < -0.4 is 15.8 Å². The highest BCUT2D eigenvalue weighted by Gasteiger charge is 2.70. The van der Waals surface area contributed by atoms with E-state index < -0.39 is 11.7 Å². The van der Waals surface area contributed by atoms with Crippen molar-refractivity contribution in [3.05, 3.63) is 11.8 Å². The normalized spacial score (nSPS) is 29.2. The first-order chi connectivity index (χ1) is 14.3. The van der Waals surface area contributed by atoms with Crippen LogP contribution in [0.25, 0.3) is 0 Å². The molecule has 5 rings (SSSR count). The van der Waals surface area contributed by atoms with Gasteiger partial charge in [-0.2, -0.15) is 18.2 Å². The molecule has 0 radical (unpaired) electrons. The predicted molar refractivity (Wildman–Crippen MR) is 113 cm³/mol. The quantitative estimate of drug-likeness (QED) is 0.395. The molecule has 0 atom stereocenters. The number of alkyl halides is 3. The number of anilines is 2. The molecule has 1 aliphatic heterocycles. The molecule has 2 bridgehead atoms. The summed E-state index contributed by atoms with van der Waals surface area (Å²) >= 11 is 1.24. The monoisotopic (exact) mass is 445 g/mol. The number of nitrogens with one attached hydrogen (secondary N) is 2. The van der Waals surface area contributed by atoms with Crippen LogP contribution >= 0.6 is 11.9 Å². The fourth-order valence-electron chi connectivity index (χ4n) is 5.02. The van der Waals surface area contributed by atoms with Crippen molar-refractivity contribution in [2.75, 3.05) is 56.2 Å². The van der Waals surface area contributed by atoms with Crippen molar-refractivity contribution in [1.82, 2.24) is 19.8 Å². The number of halogens is 3. The maximum absolute atomic E-state index is 13.3. The number of likely N-dealkylation sites (N-methyl/N-ethyl adjacent to an activating group) is 1. The van der Waals surface area contributed by atoms with Gasteiger partial charge in [-0.25, -0.2) is 4.98 Å². The second-order valence-corrected chi connectivity index (χ2v) is 9.65. The summed E-state index contributed by atoms with van der Waals surface area (Å²) in [5.41, 5.74) is -0.631. The lowest BCUT2D eigenvalue weighted by Gasteiger charge is -2.74. The summed E-state index contributed by atoms with van der Waals surface area (Å²) in [7, 11) is 2.15. The molecule has 0 spiro atoms. The minimum Gasteiger partial charge on any atom is -0.369 e. The van der Waals surface area contributed by atoms with Crippen LogP contribution in [-0.4, -0.2) is 76.4 Å². The second-order valence-electron chi connectivity index (χ2n) is 8.91. The number of rotatable bonds is 9. The van der Waals surface area contributed by atoms with Gasteiger partial charge >= 0.3 is 6.18 Å². The van der Waals surface area contributed by atoms with Gasteiger partial charge in [0.1, 0.15) is 11.4 Å². The number of nitrogens with two attached hydrogens (primary N) is 1. The van der Waals surface area contributed by atoms with Gasteiger partial charge in [0.2, 0.25) is 5.95 Å². The summed E-state index contributed by atoms with van der Waals surface area (Å²) < 4.78 is 40.0. The molecule has 11 heteroatoms. The summed E-state index contributed by atoms with van der Waals surface area (Å²) in [6.45, 7) is 4.75. The largest absolute Gasteiger partial charge is 0.421 e. The van der Waals surface area contributed by atoms with Gasteiger partial charge in [-0.3, -0.25) is 10.0 Å². The molecule has 30 heavy (non-hydrogen) atoms. The average molecular weight is 446 g/mol. The van der Waals surface area contributed by atoms with E-state index in [1.54, 1.807) is 0 Å². The number of hydrogen-bond acceptors (Lipinski definition) is 8. The summed E-state index contributed by atoms with van der Waals surface area (Å²) in [4.78, 5) is 13.1. The van der Waals surface area contributed by atoms with E-state index >= 15 is 0 Å². The van der Waals surface area contributed by atoms with E-state index in [2.05, 4.69) is 37.4 Å². The van der Waals surface area contributed by atoms with Crippen LogP contribution in [0.15, 0.2) is 6.20 Å². The Morgan fingerprint density at radius 3 is 2.50 bits per heavy atom. The van der Waals surface area contributed by atoms with Gasteiger partial charge in [0, 0.05) is 55.8 Å². The Bertz CT molecular complexity index is 732. The van der Waals surface area contributed by atoms with E-state index in [1.807, 2.05) is 0 Å². The van der Waals surface area contributed by atoms with Gasteiger partial charge in [0.15, 0.2) is 0 Å². The molecule has 0 amide bonds. The van der Waals surface area contributed by atoms with Crippen LogP contribution in [0.1, 0.15) is 37.7 Å². The smallest absolute Gasteiger partial charge is 0.369 e. The highest BCUT2D eigenvalue weighted by molar-refractivity contribution is 7.97. The van der Waals surface area contributed by atoms with Gasteiger partial charge < -0.3 is 15.5 Å². The number of hydrogen-bond donors (Lipinski definition) is 3. The van der Waals surface area contributed by atoms with E-state index in [0.717, 1.165) is 70.2 Å². The van der Waals surface area contributed by atoms with Crippen molar-refractivity contribution in [2.45, 2.75) is 49.4 Å². The third-order valence-corrected chi connectivity index (χ3v) is 7.15. The molecule has 0 unspecified atom stereocenters. The van der Waals surface area contributed by atoms with Gasteiger partial charge in [-0.05, 0) is 39.2 Å². The Labute approximate surface area is 179 Å². The van der Waals surface area contributed by atoms with Crippen molar-refractivity contribution in [1.29, 1.82) is 0 Å². The van der Waals surface area contributed by atoms with Crippen molar-refractivity contribution in [2.24, 2.45) is 5.14 Å². The number of unbranched alkanes of at least 4 members (excludes halogenated alkanes) is 1. The van der Waals surface area contributed by atoms with Gasteiger partial charge in [-0.1, -0.05) is 11.9 Å². The van der Waals surface area contributed by atoms with Gasteiger partial charge in [-0.15, -0.1) is 0 Å². The Balaban J connectivity index is 1.36. The molecular weight excluding hydrogens is 415 g/mol. The summed E-state index contributed by atoms with van der Waals surface area (Å²) in [6, 6.07) is 0. The van der Waals surface area contributed by atoms with Crippen LogP contribution in [0.5, 0.6) is 0 Å². The van der Waals surface area contributed by atoms with E-state index in [9.17, 15) is 13.2 Å². The molecule has 2 heterocycles. The van der Waals surface area contributed by atoms with Gasteiger partial charge in [0.05, 0.1) is 0 Å². The molecule has 7 nitrogen and oxygen atoms in total. The highest BCUT2D eigenvalue weighted by Crippen LogP contribution is 2.64. The van der Waals surface area contributed by atoms with Crippen LogP contribution in [0, 0.1) is 0 Å². The summed E-state index contributed by atoms with van der Waals surface area (Å²) in [6.07, 6.45) is 0.981. The number of aromatic nitrogens is 2. The first kappa shape index (κ1) is 21.9. The first-order valence-electron chi connectivity index (χ1n) is 10.5.